The second kappa shape index (κ2) is 4.25. The lowest BCUT2D eigenvalue weighted by molar-refractivity contribution is 0.312. The molecule has 0 bridgehead atoms. The van der Waals surface area contributed by atoms with E-state index in [9.17, 15) is 9.59 Å². The van der Waals surface area contributed by atoms with Gasteiger partial charge in [0.2, 0.25) is 0 Å². The summed E-state index contributed by atoms with van der Waals surface area (Å²) in [4.78, 5) is 22.8. The number of rotatable bonds is 1. The quantitative estimate of drug-likeness (QED) is 0.757. The van der Waals surface area contributed by atoms with E-state index in [4.69, 9.17) is 39.3 Å². The molecule has 0 fully saturated rings. The van der Waals surface area contributed by atoms with Gasteiger partial charge in [0.05, 0.1) is 15.1 Å². The van der Waals surface area contributed by atoms with E-state index in [2.05, 4.69) is 0 Å². The zero-order chi connectivity index (χ0) is 12.7. The molecule has 0 spiro atoms. The highest BCUT2D eigenvalue weighted by atomic mass is 35.5. The molecule has 5 nitrogen and oxygen atoms in total. The fourth-order valence-electron chi connectivity index (χ4n) is 1.21. The molecule has 0 N–H and O–H groups in total. The molecular weight excluding hydrogens is 290 g/mol. The fourth-order valence-corrected chi connectivity index (χ4v) is 1.83. The van der Waals surface area contributed by atoms with E-state index in [0.717, 1.165) is 9.31 Å². The van der Waals surface area contributed by atoms with Crippen LogP contribution in [0, 0.1) is 0 Å². The van der Waals surface area contributed by atoms with Crippen molar-refractivity contribution in [3.8, 4) is 5.69 Å². The van der Waals surface area contributed by atoms with Gasteiger partial charge in [-0.3, -0.25) is 0 Å². The zero-order valence-electron chi connectivity index (χ0n) is 8.41. The minimum Gasteiger partial charge on any atom is -0.312 e. The van der Waals surface area contributed by atoms with Crippen molar-refractivity contribution in [2.75, 3.05) is 0 Å². The second-order valence-corrected chi connectivity index (χ2v) is 4.43. The van der Waals surface area contributed by atoms with Crippen molar-refractivity contribution in [2.24, 2.45) is 7.05 Å². The molecule has 0 aliphatic rings. The van der Waals surface area contributed by atoms with Crippen molar-refractivity contribution in [3.63, 3.8) is 0 Å². The van der Waals surface area contributed by atoms with Crippen LogP contribution in [0.15, 0.2) is 26.2 Å². The number of hydrogen-bond acceptors (Lipinski definition) is 3. The van der Waals surface area contributed by atoms with Gasteiger partial charge in [-0.05, 0) is 12.1 Å². The molecule has 2 aromatic rings. The Labute approximate surface area is 110 Å². The van der Waals surface area contributed by atoms with Gasteiger partial charge in [0.1, 0.15) is 5.69 Å². The molecular formula is C9H5Cl3N2O3. The predicted molar refractivity (Wildman–Crippen MR) is 64.6 cm³/mol. The second-order valence-electron chi connectivity index (χ2n) is 3.21. The Hall–Kier alpha value is -1.17. The van der Waals surface area contributed by atoms with Gasteiger partial charge in [0.15, 0.2) is 0 Å². The van der Waals surface area contributed by atoms with Gasteiger partial charge in [-0.1, -0.05) is 34.8 Å². The summed E-state index contributed by atoms with van der Waals surface area (Å²) in [5, 5.41) is 0.590. The van der Waals surface area contributed by atoms with Crippen LogP contribution in [0.2, 0.25) is 15.1 Å². The Morgan fingerprint density at radius 3 is 2.18 bits per heavy atom. The Morgan fingerprint density at radius 1 is 1.06 bits per heavy atom. The van der Waals surface area contributed by atoms with Gasteiger partial charge in [-0.25, -0.2) is 14.2 Å². The van der Waals surface area contributed by atoms with E-state index in [1.165, 1.54) is 19.2 Å². The van der Waals surface area contributed by atoms with Gasteiger partial charge in [0, 0.05) is 7.05 Å². The summed E-state index contributed by atoms with van der Waals surface area (Å²) in [5.41, 5.74) is -0.501. The molecule has 2 rings (SSSR count). The first kappa shape index (κ1) is 12.3. The summed E-state index contributed by atoms with van der Waals surface area (Å²) in [6.07, 6.45) is 0. The average Bonchev–Trinajstić information content (AvgIpc) is 2.51. The lowest BCUT2D eigenvalue weighted by Gasteiger charge is -2.03. The van der Waals surface area contributed by atoms with Crippen LogP contribution in [-0.4, -0.2) is 9.31 Å². The lowest BCUT2D eigenvalue weighted by Crippen LogP contribution is -2.25. The zero-order valence-corrected chi connectivity index (χ0v) is 10.7. The van der Waals surface area contributed by atoms with Crippen LogP contribution in [0.5, 0.6) is 0 Å². The van der Waals surface area contributed by atoms with Crippen LogP contribution < -0.4 is 11.4 Å². The first-order chi connectivity index (χ1) is 7.91. The summed E-state index contributed by atoms with van der Waals surface area (Å²) in [7, 11) is 1.29. The van der Waals surface area contributed by atoms with Crippen molar-refractivity contribution in [3.05, 3.63) is 48.2 Å². The summed E-state index contributed by atoms with van der Waals surface area (Å²) >= 11 is 17.4. The molecule has 17 heavy (non-hydrogen) atoms. The monoisotopic (exact) mass is 294 g/mol. The normalized spacial score (nSPS) is 10.8. The molecule has 1 aromatic carbocycles. The van der Waals surface area contributed by atoms with Gasteiger partial charge in [-0.2, -0.15) is 0 Å². The van der Waals surface area contributed by atoms with Crippen LogP contribution in [0.4, 0.5) is 0 Å². The maximum Gasteiger partial charge on any atom is 0.442 e. The van der Waals surface area contributed by atoms with Crippen molar-refractivity contribution in [1.29, 1.82) is 0 Å². The van der Waals surface area contributed by atoms with E-state index >= 15 is 0 Å². The van der Waals surface area contributed by atoms with Gasteiger partial charge in [0.25, 0.3) is 0 Å². The Bertz CT molecular complexity index is 698. The predicted octanol–water partition coefficient (Wildman–Crippen LogP) is 2.09. The van der Waals surface area contributed by atoms with Gasteiger partial charge < -0.3 is 4.52 Å². The van der Waals surface area contributed by atoms with Crippen molar-refractivity contribution in [1.82, 2.24) is 9.31 Å². The maximum atomic E-state index is 11.6. The summed E-state index contributed by atoms with van der Waals surface area (Å²) in [6.45, 7) is 0. The van der Waals surface area contributed by atoms with Crippen LogP contribution in [0.3, 0.4) is 0 Å². The SMILES string of the molecule is Cn1c(=O)on(-c2cc(Cl)c(Cl)cc2Cl)c1=O. The molecule has 90 valence electrons. The number of aromatic nitrogens is 2. The number of benzene rings is 1. The van der Waals surface area contributed by atoms with Crippen LogP contribution in [0.1, 0.15) is 0 Å². The first-order valence-electron chi connectivity index (χ1n) is 4.36. The topological polar surface area (TPSA) is 57.1 Å². The minimum absolute atomic E-state index is 0.149. The Kier molecular flexibility index (Phi) is 3.07. The highest BCUT2D eigenvalue weighted by Gasteiger charge is 2.15. The first-order valence-corrected chi connectivity index (χ1v) is 5.49. The van der Waals surface area contributed by atoms with E-state index in [1.54, 1.807) is 0 Å². The number of hydrogen-bond donors (Lipinski definition) is 0. The molecule has 8 heteroatoms. The van der Waals surface area contributed by atoms with Crippen LogP contribution in [-0.2, 0) is 7.05 Å². The van der Waals surface area contributed by atoms with Crippen molar-refractivity contribution >= 4 is 34.8 Å². The minimum atomic E-state index is -0.794. The molecule has 0 aliphatic heterocycles. The number of halogens is 3. The smallest absolute Gasteiger partial charge is 0.312 e. The third-order valence-electron chi connectivity index (χ3n) is 2.11. The molecule has 0 atom stereocenters. The van der Waals surface area contributed by atoms with E-state index < -0.39 is 11.4 Å². The van der Waals surface area contributed by atoms with Crippen LogP contribution >= 0.6 is 34.8 Å². The van der Waals surface area contributed by atoms with Crippen LogP contribution in [0.25, 0.3) is 5.69 Å². The van der Waals surface area contributed by atoms with E-state index in [0.29, 0.717) is 0 Å². The highest BCUT2D eigenvalue weighted by molar-refractivity contribution is 6.43. The molecule has 0 amide bonds. The summed E-state index contributed by atoms with van der Waals surface area (Å²) in [5.74, 6) is -0.794. The molecule has 1 aromatic heterocycles. The van der Waals surface area contributed by atoms with Crippen molar-refractivity contribution in [2.45, 2.75) is 0 Å². The Morgan fingerprint density at radius 2 is 1.65 bits per heavy atom. The molecule has 0 radical (unpaired) electrons. The third-order valence-corrected chi connectivity index (χ3v) is 3.14. The fraction of sp³-hybridized carbons (Fsp3) is 0.111. The lowest BCUT2D eigenvalue weighted by atomic mass is 10.3. The largest absolute Gasteiger partial charge is 0.442 e. The molecule has 1 heterocycles. The highest BCUT2D eigenvalue weighted by Crippen LogP contribution is 2.30. The molecule has 0 aliphatic carbocycles. The summed E-state index contributed by atoms with van der Waals surface area (Å²) < 4.78 is 6.29. The molecule has 0 saturated carbocycles. The third kappa shape index (κ3) is 2.01. The van der Waals surface area contributed by atoms with Gasteiger partial charge >= 0.3 is 11.4 Å². The maximum absolute atomic E-state index is 11.6. The molecule has 0 saturated heterocycles. The van der Waals surface area contributed by atoms with E-state index in [-0.39, 0.29) is 20.8 Å². The number of nitrogens with zero attached hydrogens (tertiary/aromatic N) is 2. The van der Waals surface area contributed by atoms with Crippen molar-refractivity contribution < 1.29 is 4.52 Å². The van der Waals surface area contributed by atoms with E-state index in [1.807, 2.05) is 0 Å². The molecule has 0 unspecified atom stereocenters. The standard InChI is InChI=1S/C9H5Cl3N2O3/c1-13-8(15)14(17-9(13)16)7-3-5(11)4(10)2-6(7)12/h2-3H,1H3. The average molecular weight is 296 g/mol. The van der Waals surface area contributed by atoms with Gasteiger partial charge in [-0.15, -0.1) is 4.74 Å². The summed E-state index contributed by atoms with van der Waals surface area (Å²) in [6, 6.07) is 2.71. The Balaban J connectivity index is 2.77.